The lowest BCUT2D eigenvalue weighted by molar-refractivity contribution is -0.128. The van der Waals surface area contributed by atoms with Gasteiger partial charge in [0.1, 0.15) is 11.6 Å². The maximum atomic E-state index is 13.3. The van der Waals surface area contributed by atoms with E-state index in [0.29, 0.717) is 0 Å². The first-order valence-corrected chi connectivity index (χ1v) is 4.66. The molecule has 0 saturated carbocycles. The van der Waals surface area contributed by atoms with Crippen LogP contribution in [0.1, 0.15) is 18.5 Å². The molecule has 4 nitrogen and oxygen atoms in total. The molecule has 1 aromatic carbocycles. The second-order valence-corrected chi connectivity index (χ2v) is 3.27. The molecule has 0 fully saturated rings. The Morgan fingerprint density at radius 3 is 2.50 bits per heavy atom. The second-order valence-electron chi connectivity index (χ2n) is 3.27. The third-order valence-corrected chi connectivity index (χ3v) is 2.13. The molecule has 3 N–H and O–H groups in total. The number of carbonyl (C=O) groups excluding carboxylic acids is 1. The number of amides is 1. The third-order valence-electron chi connectivity index (χ3n) is 2.13. The number of rotatable bonds is 4. The van der Waals surface area contributed by atoms with Gasteiger partial charge in [0.05, 0.1) is 6.54 Å². The van der Waals surface area contributed by atoms with Crippen molar-refractivity contribution in [2.45, 2.75) is 13.0 Å². The summed E-state index contributed by atoms with van der Waals surface area (Å²) in [6.45, 7) is 1.29. The van der Waals surface area contributed by atoms with Gasteiger partial charge in [-0.2, -0.15) is 0 Å². The van der Waals surface area contributed by atoms with Crippen LogP contribution >= 0.6 is 0 Å². The lowest BCUT2D eigenvalue weighted by atomic mass is 10.1. The van der Waals surface area contributed by atoms with Crippen molar-refractivity contribution < 1.29 is 18.8 Å². The number of benzene rings is 1. The summed E-state index contributed by atoms with van der Waals surface area (Å²) in [6.07, 6.45) is 0. The summed E-state index contributed by atoms with van der Waals surface area (Å²) in [6, 6.07) is 2.88. The molecule has 88 valence electrons. The van der Waals surface area contributed by atoms with E-state index in [1.165, 1.54) is 18.5 Å². The standard InChI is InChI=1S/C10H12F2N2O2/c1-6(13-5-9(15)14-16)10-7(11)3-2-4-8(10)12/h2-4,6,13,16H,5H2,1H3,(H,14,15). The highest BCUT2D eigenvalue weighted by Gasteiger charge is 2.16. The van der Waals surface area contributed by atoms with Crippen LogP contribution in [0.15, 0.2) is 18.2 Å². The number of hydroxylamine groups is 1. The fourth-order valence-corrected chi connectivity index (χ4v) is 1.31. The van der Waals surface area contributed by atoms with Crippen LogP contribution < -0.4 is 10.8 Å². The van der Waals surface area contributed by atoms with Crippen LogP contribution in [0, 0.1) is 11.6 Å². The highest BCUT2D eigenvalue weighted by atomic mass is 19.1. The predicted octanol–water partition coefficient (Wildman–Crippen LogP) is 1.12. The Labute approximate surface area is 91.2 Å². The first kappa shape index (κ1) is 12.5. The molecule has 1 aromatic rings. The van der Waals surface area contributed by atoms with Gasteiger partial charge in [-0.05, 0) is 19.1 Å². The van der Waals surface area contributed by atoms with Crippen molar-refractivity contribution in [3.8, 4) is 0 Å². The molecule has 0 aromatic heterocycles. The molecule has 1 rings (SSSR count). The molecule has 0 aliphatic heterocycles. The molecule has 6 heteroatoms. The second kappa shape index (κ2) is 5.53. The normalized spacial score (nSPS) is 12.2. The number of nitrogens with one attached hydrogen (secondary N) is 2. The average Bonchev–Trinajstić information content (AvgIpc) is 2.25. The molecule has 1 unspecified atom stereocenters. The Hall–Kier alpha value is -1.53. The fraction of sp³-hybridized carbons (Fsp3) is 0.300. The minimum absolute atomic E-state index is 0.131. The Bertz CT molecular complexity index is 365. The van der Waals surface area contributed by atoms with E-state index in [2.05, 4.69) is 5.32 Å². The first-order valence-electron chi connectivity index (χ1n) is 4.66. The van der Waals surface area contributed by atoms with E-state index in [9.17, 15) is 13.6 Å². The highest BCUT2D eigenvalue weighted by molar-refractivity contribution is 5.76. The number of halogens is 2. The smallest absolute Gasteiger partial charge is 0.257 e. The summed E-state index contributed by atoms with van der Waals surface area (Å²) in [4.78, 5) is 10.7. The quantitative estimate of drug-likeness (QED) is 0.536. The lowest BCUT2D eigenvalue weighted by Crippen LogP contribution is -2.33. The van der Waals surface area contributed by atoms with Crippen molar-refractivity contribution in [3.05, 3.63) is 35.4 Å². The third kappa shape index (κ3) is 2.98. The summed E-state index contributed by atoms with van der Waals surface area (Å²) < 4.78 is 26.6. The van der Waals surface area contributed by atoms with Crippen LogP contribution in [-0.2, 0) is 4.79 Å². The molecule has 0 saturated heterocycles. The van der Waals surface area contributed by atoms with Crippen LogP contribution in [-0.4, -0.2) is 17.7 Å². The average molecular weight is 230 g/mol. The van der Waals surface area contributed by atoms with E-state index in [-0.39, 0.29) is 12.1 Å². The number of hydrogen-bond donors (Lipinski definition) is 3. The van der Waals surface area contributed by atoms with E-state index >= 15 is 0 Å². The van der Waals surface area contributed by atoms with E-state index in [1.807, 2.05) is 0 Å². The van der Waals surface area contributed by atoms with E-state index in [4.69, 9.17) is 5.21 Å². The van der Waals surface area contributed by atoms with E-state index < -0.39 is 23.6 Å². The predicted molar refractivity (Wildman–Crippen MR) is 52.7 cm³/mol. The Morgan fingerprint density at radius 2 is 2.00 bits per heavy atom. The molecular weight excluding hydrogens is 218 g/mol. The van der Waals surface area contributed by atoms with Crippen molar-refractivity contribution in [2.75, 3.05) is 6.54 Å². The van der Waals surface area contributed by atoms with Gasteiger partial charge in [0.2, 0.25) is 0 Å². The van der Waals surface area contributed by atoms with Gasteiger partial charge in [-0.25, -0.2) is 14.3 Å². The van der Waals surface area contributed by atoms with Crippen LogP contribution in [0.3, 0.4) is 0 Å². The molecule has 1 atom stereocenters. The molecule has 0 heterocycles. The summed E-state index contributed by atoms with van der Waals surface area (Å²) in [5, 5.41) is 10.8. The Morgan fingerprint density at radius 1 is 1.44 bits per heavy atom. The van der Waals surface area contributed by atoms with Gasteiger partial charge in [-0.15, -0.1) is 0 Å². The SMILES string of the molecule is CC(NCC(=O)NO)c1c(F)cccc1F. The van der Waals surface area contributed by atoms with Crippen molar-refractivity contribution >= 4 is 5.91 Å². The van der Waals surface area contributed by atoms with Gasteiger partial charge >= 0.3 is 0 Å². The van der Waals surface area contributed by atoms with Gasteiger partial charge in [0.15, 0.2) is 0 Å². The minimum Gasteiger partial charge on any atom is -0.301 e. The van der Waals surface area contributed by atoms with Crippen molar-refractivity contribution in [3.63, 3.8) is 0 Å². The zero-order chi connectivity index (χ0) is 12.1. The van der Waals surface area contributed by atoms with Gasteiger partial charge in [0, 0.05) is 11.6 Å². The van der Waals surface area contributed by atoms with E-state index in [1.54, 1.807) is 0 Å². The maximum Gasteiger partial charge on any atom is 0.257 e. The highest BCUT2D eigenvalue weighted by Crippen LogP contribution is 2.19. The van der Waals surface area contributed by atoms with E-state index in [0.717, 1.165) is 12.1 Å². The monoisotopic (exact) mass is 230 g/mol. The van der Waals surface area contributed by atoms with Crippen LogP contribution in [0.2, 0.25) is 0 Å². The molecule has 0 bridgehead atoms. The molecular formula is C10H12F2N2O2. The van der Waals surface area contributed by atoms with Crippen LogP contribution in [0.25, 0.3) is 0 Å². The topological polar surface area (TPSA) is 61.4 Å². The zero-order valence-electron chi connectivity index (χ0n) is 8.63. The summed E-state index contributed by atoms with van der Waals surface area (Å²) in [5.74, 6) is -2.03. The fourth-order valence-electron chi connectivity index (χ4n) is 1.31. The molecule has 0 aliphatic carbocycles. The zero-order valence-corrected chi connectivity index (χ0v) is 8.63. The van der Waals surface area contributed by atoms with Gasteiger partial charge in [0.25, 0.3) is 5.91 Å². The van der Waals surface area contributed by atoms with Gasteiger partial charge in [-0.1, -0.05) is 6.07 Å². The first-order chi connectivity index (χ1) is 7.56. The summed E-state index contributed by atoms with van der Waals surface area (Å²) >= 11 is 0. The Balaban J connectivity index is 2.73. The van der Waals surface area contributed by atoms with Crippen molar-refractivity contribution in [1.29, 1.82) is 0 Å². The molecule has 0 spiro atoms. The number of hydrogen-bond acceptors (Lipinski definition) is 3. The van der Waals surface area contributed by atoms with Crippen molar-refractivity contribution in [2.24, 2.45) is 0 Å². The number of carbonyl (C=O) groups is 1. The minimum atomic E-state index is -0.677. The largest absolute Gasteiger partial charge is 0.301 e. The molecule has 0 radical (unpaired) electrons. The van der Waals surface area contributed by atoms with Crippen molar-refractivity contribution in [1.82, 2.24) is 10.8 Å². The Kier molecular flexibility index (Phi) is 4.33. The van der Waals surface area contributed by atoms with Crippen LogP contribution in [0.4, 0.5) is 8.78 Å². The van der Waals surface area contributed by atoms with Gasteiger partial charge in [-0.3, -0.25) is 10.0 Å². The molecule has 1 amide bonds. The van der Waals surface area contributed by atoms with Crippen LogP contribution in [0.5, 0.6) is 0 Å². The molecule has 0 aliphatic rings. The maximum absolute atomic E-state index is 13.3. The van der Waals surface area contributed by atoms with Gasteiger partial charge < -0.3 is 5.32 Å². The lowest BCUT2D eigenvalue weighted by Gasteiger charge is -2.14. The summed E-state index contributed by atoms with van der Waals surface area (Å²) in [5.41, 5.74) is 1.28. The molecule has 16 heavy (non-hydrogen) atoms. The summed E-state index contributed by atoms with van der Waals surface area (Å²) in [7, 11) is 0.